The van der Waals surface area contributed by atoms with Crippen molar-refractivity contribution in [3.05, 3.63) is 113 Å². The van der Waals surface area contributed by atoms with Crippen molar-refractivity contribution in [2.75, 3.05) is 0 Å². The lowest BCUT2D eigenvalue weighted by Crippen LogP contribution is -2.00. The van der Waals surface area contributed by atoms with Crippen LogP contribution in [0.25, 0.3) is 38.4 Å². The fourth-order valence-electron chi connectivity index (χ4n) is 5.89. The van der Waals surface area contributed by atoms with Crippen molar-refractivity contribution >= 4 is 38.4 Å². The van der Waals surface area contributed by atoms with Gasteiger partial charge in [-0.2, -0.15) is 0 Å². The number of fused-ring (bicyclic) bond motifs is 7. The summed E-state index contributed by atoms with van der Waals surface area (Å²) >= 11 is 0. The van der Waals surface area contributed by atoms with Gasteiger partial charge in [-0.15, -0.1) is 0 Å². The van der Waals surface area contributed by atoms with E-state index in [0.29, 0.717) is 5.92 Å². The fraction of sp³-hybridized carbons (Fsp3) is 0.161. The largest absolute Gasteiger partial charge is 0.0760 e. The quantitative estimate of drug-likeness (QED) is 0.265. The highest BCUT2D eigenvalue weighted by molar-refractivity contribution is 6.17. The van der Waals surface area contributed by atoms with E-state index in [1.54, 1.807) is 11.1 Å². The summed E-state index contributed by atoms with van der Waals surface area (Å²) in [5.74, 6) is 0.503. The Bertz CT molecular complexity index is 1530. The van der Waals surface area contributed by atoms with Crippen LogP contribution in [0.4, 0.5) is 0 Å². The van der Waals surface area contributed by atoms with E-state index in [1.807, 2.05) is 0 Å². The Balaban J connectivity index is 1.28. The standard InChI is InChI=1S/C31H24/c1-2-7-27-21(4-1)11-14-30-28-13-8-20(16-24(28)12-15-29(27)30)17-25-9-10-26-18-22-5-3-6-23(22)19-31(25)26/h1-2,4,7-16,18-19,25H,3,5-6,17H2. The van der Waals surface area contributed by atoms with Crippen molar-refractivity contribution in [2.45, 2.75) is 31.6 Å². The maximum Gasteiger partial charge on any atom is 0.00677 e. The summed E-state index contributed by atoms with van der Waals surface area (Å²) in [6, 6.07) is 29.9. The molecule has 0 amide bonds. The van der Waals surface area contributed by atoms with Gasteiger partial charge >= 0.3 is 0 Å². The highest BCUT2D eigenvalue weighted by atomic mass is 14.3. The third-order valence-corrected chi connectivity index (χ3v) is 7.47. The molecule has 0 radical (unpaired) electrons. The maximum absolute atomic E-state index is 2.50. The summed E-state index contributed by atoms with van der Waals surface area (Å²) in [4.78, 5) is 0. The summed E-state index contributed by atoms with van der Waals surface area (Å²) in [5, 5.41) is 8.04. The number of benzene rings is 5. The molecule has 0 aromatic heterocycles. The molecule has 31 heavy (non-hydrogen) atoms. The van der Waals surface area contributed by atoms with Crippen LogP contribution in [0, 0.1) is 0 Å². The lowest BCUT2D eigenvalue weighted by Gasteiger charge is -2.14. The van der Waals surface area contributed by atoms with Gasteiger partial charge in [0.15, 0.2) is 0 Å². The van der Waals surface area contributed by atoms with Crippen LogP contribution >= 0.6 is 0 Å². The number of rotatable bonds is 2. The Hall–Kier alpha value is -3.38. The number of hydrogen-bond donors (Lipinski definition) is 0. The Morgan fingerprint density at radius 3 is 2.29 bits per heavy atom. The molecule has 0 heterocycles. The first-order valence-electron chi connectivity index (χ1n) is 11.5. The average molecular weight is 397 g/mol. The summed E-state index contributed by atoms with van der Waals surface area (Å²) in [7, 11) is 0. The minimum absolute atomic E-state index is 0.503. The van der Waals surface area contributed by atoms with E-state index in [1.165, 1.54) is 68.3 Å². The topological polar surface area (TPSA) is 0 Å². The lowest BCUT2D eigenvalue weighted by molar-refractivity contribution is 0.848. The first-order chi connectivity index (χ1) is 15.3. The third kappa shape index (κ3) is 2.68. The molecule has 7 rings (SSSR count). The van der Waals surface area contributed by atoms with Crippen molar-refractivity contribution < 1.29 is 0 Å². The van der Waals surface area contributed by atoms with Crippen molar-refractivity contribution in [1.82, 2.24) is 0 Å². The zero-order chi connectivity index (χ0) is 20.4. The number of allylic oxidation sites excluding steroid dienone is 1. The smallest absolute Gasteiger partial charge is 0.00677 e. The third-order valence-electron chi connectivity index (χ3n) is 7.47. The minimum atomic E-state index is 0.503. The molecule has 0 nitrogen and oxygen atoms in total. The van der Waals surface area contributed by atoms with Crippen molar-refractivity contribution in [1.29, 1.82) is 0 Å². The van der Waals surface area contributed by atoms with Crippen molar-refractivity contribution in [3.8, 4) is 0 Å². The van der Waals surface area contributed by atoms with Crippen LogP contribution in [0.1, 0.15) is 40.2 Å². The Labute approximate surface area is 182 Å². The zero-order valence-corrected chi connectivity index (χ0v) is 17.6. The van der Waals surface area contributed by atoms with Gasteiger partial charge in [-0.1, -0.05) is 91.0 Å². The monoisotopic (exact) mass is 396 g/mol. The van der Waals surface area contributed by atoms with Gasteiger partial charge in [-0.25, -0.2) is 0 Å². The van der Waals surface area contributed by atoms with Gasteiger partial charge in [-0.3, -0.25) is 0 Å². The number of hydrogen-bond acceptors (Lipinski definition) is 0. The molecular weight excluding hydrogens is 372 g/mol. The summed E-state index contributed by atoms with van der Waals surface area (Å²) < 4.78 is 0. The van der Waals surface area contributed by atoms with E-state index in [9.17, 15) is 0 Å². The molecule has 1 unspecified atom stereocenters. The summed E-state index contributed by atoms with van der Waals surface area (Å²) in [6.07, 6.45) is 9.67. The average Bonchev–Trinajstić information content (AvgIpc) is 3.43. The molecule has 0 spiro atoms. The lowest BCUT2D eigenvalue weighted by atomic mass is 9.90. The van der Waals surface area contributed by atoms with Crippen LogP contribution in [-0.4, -0.2) is 0 Å². The van der Waals surface area contributed by atoms with Gasteiger partial charge < -0.3 is 0 Å². The fourth-order valence-corrected chi connectivity index (χ4v) is 5.89. The van der Waals surface area contributed by atoms with Gasteiger partial charge in [0.1, 0.15) is 0 Å². The number of aryl methyl sites for hydroxylation is 2. The molecule has 0 aliphatic heterocycles. The Morgan fingerprint density at radius 2 is 1.39 bits per heavy atom. The molecule has 0 saturated heterocycles. The maximum atomic E-state index is 2.50. The molecule has 0 heteroatoms. The van der Waals surface area contributed by atoms with Crippen molar-refractivity contribution in [2.24, 2.45) is 0 Å². The highest BCUT2D eigenvalue weighted by Crippen LogP contribution is 2.38. The second kappa shape index (κ2) is 6.56. The van der Waals surface area contributed by atoms with Crippen molar-refractivity contribution in [3.63, 3.8) is 0 Å². The van der Waals surface area contributed by atoms with E-state index in [0.717, 1.165) is 6.42 Å². The van der Waals surface area contributed by atoms with Gasteiger partial charge in [0.05, 0.1) is 0 Å². The van der Waals surface area contributed by atoms with Crippen LogP contribution in [0.5, 0.6) is 0 Å². The summed E-state index contributed by atoms with van der Waals surface area (Å²) in [5.41, 5.74) is 7.57. The van der Waals surface area contributed by atoms with E-state index < -0.39 is 0 Å². The molecule has 1 atom stereocenters. The van der Waals surface area contributed by atoms with Gasteiger partial charge in [-0.05, 0) is 85.8 Å². The van der Waals surface area contributed by atoms with Crippen LogP contribution in [-0.2, 0) is 19.3 Å². The molecule has 5 aromatic carbocycles. The predicted molar refractivity (Wildman–Crippen MR) is 133 cm³/mol. The minimum Gasteiger partial charge on any atom is -0.0760 e. The molecule has 0 N–H and O–H groups in total. The van der Waals surface area contributed by atoms with E-state index in [2.05, 4.69) is 91.0 Å². The van der Waals surface area contributed by atoms with Crippen LogP contribution < -0.4 is 0 Å². The molecule has 2 aliphatic carbocycles. The summed E-state index contributed by atoms with van der Waals surface area (Å²) in [6.45, 7) is 0. The first kappa shape index (κ1) is 17.3. The van der Waals surface area contributed by atoms with E-state index in [-0.39, 0.29) is 0 Å². The molecule has 0 saturated carbocycles. The Morgan fingerprint density at radius 1 is 0.645 bits per heavy atom. The Kier molecular flexibility index (Phi) is 3.66. The molecule has 5 aromatic rings. The predicted octanol–water partition coefficient (Wildman–Crippen LogP) is 7.99. The SMILES string of the molecule is C1=CC(Cc2ccc3c(ccc4c5ccccc5ccc34)c2)c2cc3c(cc21)CCC3. The van der Waals surface area contributed by atoms with Gasteiger partial charge in [0, 0.05) is 5.92 Å². The molecule has 148 valence electrons. The van der Waals surface area contributed by atoms with Gasteiger partial charge in [0.25, 0.3) is 0 Å². The second-order valence-corrected chi connectivity index (χ2v) is 9.28. The van der Waals surface area contributed by atoms with Crippen LogP contribution in [0.15, 0.2) is 84.9 Å². The van der Waals surface area contributed by atoms with E-state index >= 15 is 0 Å². The van der Waals surface area contributed by atoms with Gasteiger partial charge in [0.2, 0.25) is 0 Å². The molecule has 0 fully saturated rings. The second-order valence-electron chi connectivity index (χ2n) is 9.28. The highest BCUT2D eigenvalue weighted by Gasteiger charge is 2.22. The molecule has 0 bridgehead atoms. The zero-order valence-electron chi connectivity index (χ0n) is 17.6. The van der Waals surface area contributed by atoms with Crippen LogP contribution in [0.2, 0.25) is 0 Å². The van der Waals surface area contributed by atoms with Crippen LogP contribution in [0.3, 0.4) is 0 Å². The molecule has 2 aliphatic rings. The first-order valence-corrected chi connectivity index (χ1v) is 11.5. The normalized spacial score (nSPS) is 17.0. The molecular formula is C31H24. The van der Waals surface area contributed by atoms with E-state index in [4.69, 9.17) is 0 Å².